The Hall–Kier alpha value is -2.01. The second-order valence-electron chi connectivity index (χ2n) is 4.54. The first-order valence-electron chi connectivity index (χ1n) is 6.29. The van der Waals surface area contributed by atoms with E-state index in [1.807, 2.05) is 35.9 Å². The van der Waals surface area contributed by atoms with Crippen LogP contribution in [0.5, 0.6) is 11.5 Å². The number of nitrogens with zero attached hydrogens (tertiary/aromatic N) is 2. The summed E-state index contributed by atoms with van der Waals surface area (Å²) in [5.74, 6) is 2.44. The number of fused-ring (bicyclic) bond motifs is 1. The Morgan fingerprint density at radius 2 is 2.42 bits per heavy atom. The Balaban J connectivity index is 1.60. The minimum absolute atomic E-state index is 0.326. The highest BCUT2D eigenvalue weighted by molar-refractivity contribution is 5.44. The summed E-state index contributed by atoms with van der Waals surface area (Å²) in [7, 11) is 0. The second kappa shape index (κ2) is 4.93. The molecule has 0 saturated heterocycles. The van der Waals surface area contributed by atoms with Crippen molar-refractivity contribution in [2.24, 2.45) is 0 Å². The predicted octanol–water partition coefficient (Wildman–Crippen LogP) is 1.70. The standard InChI is InChI=1S/C14H16N2O3/c1-10-15-4-5-16(10)6-7-18-11-2-3-12-13(17)9-19-14(12)8-11/h2-5,8,13,17H,6-7,9H2,1H3. The summed E-state index contributed by atoms with van der Waals surface area (Å²) in [5.41, 5.74) is 0.831. The zero-order valence-corrected chi connectivity index (χ0v) is 10.7. The topological polar surface area (TPSA) is 56.5 Å². The van der Waals surface area contributed by atoms with Crippen molar-refractivity contribution < 1.29 is 14.6 Å². The quantitative estimate of drug-likeness (QED) is 0.909. The number of imidazole rings is 1. The number of ether oxygens (including phenoxy) is 2. The third-order valence-electron chi connectivity index (χ3n) is 3.27. The largest absolute Gasteiger partial charge is 0.492 e. The highest BCUT2D eigenvalue weighted by atomic mass is 16.5. The molecule has 1 N–H and O–H groups in total. The monoisotopic (exact) mass is 260 g/mol. The maximum absolute atomic E-state index is 9.63. The van der Waals surface area contributed by atoms with Crippen LogP contribution in [0, 0.1) is 6.92 Å². The molecular formula is C14H16N2O3. The molecule has 1 aromatic heterocycles. The van der Waals surface area contributed by atoms with Crippen molar-refractivity contribution in [3.05, 3.63) is 42.0 Å². The van der Waals surface area contributed by atoms with Crippen LogP contribution in [-0.4, -0.2) is 27.9 Å². The van der Waals surface area contributed by atoms with Gasteiger partial charge in [-0.2, -0.15) is 0 Å². The van der Waals surface area contributed by atoms with Gasteiger partial charge in [0.15, 0.2) is 0 Å². The number of aromatic nitrogens is 2. The third kappa shape index (κ3) is 2.42. The Bertz CT molecular complexity index is 580. The summed E-state index contributed by atoms with van der Waals surface area (Å²) >= 11 is 0. The molecule has 1 atom stereocenters. The lowest BCUT2D eigenvalue weighted by atomic mass is 10.1. The molecule has 2 heterocycles. The van der Waals surface area contributed by atoms with Gasteiger partial charge in [0.05, 0.1) is 6.54 Å². The average Bonchev–Trinajstić information content (AvgIpc) is 2.97. The van der Waals surface area contributed by atoms with Crippen molar-refractivity contribution in [3.8, 4) is 11.5 Å². The molecule has 2 aromatic rings. The van der Waals surface area contributed by atoms with Crippen molar-refractivity contribution in [2.75, 3.05) is 13.2 Å². The van der Waals surface area contributed by atoms with Gasteiger partial charge < -0.3 is 19.1 Å². The zero-order chi connectivity index (χ0) is 13.2. The summed E-state index contributed by atoms with van der Waals surface area (Å²) in [4.78, 5) is 4.16. The fourth-order valence-electron chi connectivity index (χ4n) is 2.17. The fourth-order valence-corrected chi connectivity index (χ4v) is 2.17. The number of hydrogen-bond donors (Lipinski definition) is 1. The van der Waals surface area contributed by atoms with Gasteiger partial charge in [0.2, 0.25) is 0 Å². The van der Waals surface area contributed by atoms with Crippen LogP contribution in [0.3, 0.4) is 0 Å². The van der Waals surface area contributed by atoms with E-state index >= 15 is 0 Å². The van der Waals surface area contributed by atoms with Crippen LogP contribution in [0.15, 0.2) is 30.6 Å². The molecular weight excluding hydrogens is 244 g/mol. The maximum Gasteiger partial charge on any atom is 0.129 e. The minimum Gasteiger partial charge on any atom is -0.492 e. The van der Waals surface area contributed by atoms with Crippen LogP contribution in [-0.2, 0) is 6.54 Å². The fraction of sp³-hybridized carbons (Fsp3) is 0.357. The molecule has 1 aliphatic heterocycles. The molecule has 1 aromatic carbocycles. The molecule has 5 heteroatoms. The van der Waals surface area contributed by atoms with E-state index in [2.05, 4.69) is 4.98 Å². The molecule has 1 aliphatic rings. The molecule has 0 amide bonds. The van der Waals surface area contributed by atoms with Crippen LogP contribution < -0.4 is 9.47 Å². The highest BCUT2D eigenvalue weighted by Crippen LogP contribution is 2.34. The first kappa shape index (κ1) is 12.0. The Kier molecular flexibility index (Phi) is 3.13. The van der Waals surface area contributed by atoms with Crippen molar-refractivity contribution in [1.29, 1.82) is 0 Å². The smallest absolute Gasteiger partial charge is 0.129 e. The van der Waals surface area contributed by atoms with Gasteiger partial charge >= 0.3 is 0 Å². The normalized spacial score (nSPS) is 17.1. The van der Waals surface area contributed by atoms with Crippen LogP contribution in [0.2, 0.25) is 0 Å². The van der Waals surface area contributed by atoms with E-state index in [4.69, 9.17) is 9.47 Å². The molecule has 1 unspecified atom stereocenters. The van der Waals surface area contributed by atoms with Gasteiger partial charge in [-0.05, 0) is 19.1 Å². The second-order valence-corrected chi connectivity index (χ2v) is 4.54. The SMILES string of the molecule is Cc1nccn1CCOc1ccc2c(c1)OCC2O. The van der Waals surface area contributed by atoms with E-state index in [1.165, 1.54) is 0 Å². The van der Waals surface area contributed by atoms with Gasteiger partial charge in [0.1, 0.15) is 36.6 Å². The maximum atomic E-state index is 9.63. The molecule has 19 heavy (non-hydrogen) atoms. The van der Waals surface area contributed by atoms with Gasteiger partial charge in [0.25, 0.3) is 0 Å². The minimum atomic E-state index is -0.516. The molecule has 0 aliphatic carbocycles. The summed E-state index contributed by atoms with van der Waals surface area (Å²) in [6.07, 6.45) is 3.19. The molecule has 0 fully saturated rings. The first-order valence-corrected chi connectivity index (χ1v) is 6.29. The Morgan fingerprint density at radius 1 is 1.53 bits per heavy atom. The summed E-state index contributed by atoms with van der Waals surface area (Å²) < 4.78 is 13.1. The number of rotatable bonds is 4. The van der Waals surface area contributed by atoms with E-state index in [1.54, 1.807) is 6.20 Å². The molecule has 0 radical (unpaired) electrons. The van der Waals surface area contributed by atoms with Crippen molar-refractivity contribution in [3.63, 3.8) is 0 Å². The van der Waals surface area contributed by atoms with E-state index in [0.29, 0.717) is 19.0 Å². The van der Waals surface area contributed by atoms with Gasteiger partial charge in [0, 0.05) is 24.0 Å². The van der Waals surface area contributed by atoms with Crippen molar-refractivity contribution >= 4 is 0 Å². The average molecular weight is 260 g/mol. The first-order chi connectivity index (χ1) is 9.24. The van der Waals surface area contributed by atoms with E-state index in [0.717, 1.165) is 23.7 Å². The van der Waals surface area contributed by atoms with E-state index in [-0.39, 0.29) is 0 Å². The summed E-state index contributed by atoms with van der Waals surface area (Å²) in [5, 5.41) is 9.63. The number of aryl methyl sites for hydroxylation is 1. The molecule has 3 rings (SSSR count). The number of hydrogen-bond acceptors (Lipinski definition) is 4. The number of benzene rings is 1. The Morgan fingerprint density at radius 3 is 3.21 bits per heavy atom. The van der Waals surface area contributed by atoms with Crippen LogP contribution >= 0.6 is 0 Å². The lowest BCUT2D eigenvalue weighted by Crippen LogP contribution is -2.08. The molecule has 100 valence electrons. The molecule has 0 bridgehead atoms. The lowest BCUT2D eigenvalue weighted by molar-refractivity contribution is 0.140. The van der Waals surface area contributed by atoms with Crippen molar-refractivity contribution in [1.82, 2.24) is 9.55 Å². The lowest BCUT2D eigenvalue weighted by Gasteiger charge is -2.09. The summed E-state index contributed by atoms with van der Waals surface area (Å²) in [6, 6.07) is 5.54. The van der Waals surface area contributed by atoms with Crippen molar-refractivity contribution in [2.45, 2.75) is 19.6 Å². The highest BCUT2D eigenvalue weighted by Gasteiger charge is 2.21. The molecule has 0 spiro atoms. The van der Waals surface area contributed by atoms with Crippen LogP contribution in [0.4, 0.5) is 0 Å². The van der Waals surface area contributed by atoms with Crippen LogP contribution in [0.1, 0.15) is 17.5 Å². The predicted molar refractivity (Wildman–Crippen MR) is 69.4 cm³/mol. The van der Waals surface area contributed by atoms with Gasteiger partial charge in [-0.3, -0.25) is 0 Å². The third-order valence-corrected chi connectivity index (χ3v) is 3.27. The molecule has 0 saturated carbocycles. The number of aliphatic hydroxyl groups is 1. The van der Waals surface area contributed by atoms with Crippen LogP contribution in [0.25, 0.3) is 0 Å². The van der Waals surface area contributed by atoms with Gasteiger partial charge in [-0.25, -0.2) is 4.98 Å². The van der Waals surface area contributed by atoms with Gasteiger partial charge in [-0.1, -0.05) is 0 Å². The number of aliphatic hydroxyl groups excluding tert-OH is 1. The zero-order valence-electron chi connectivity index (χ0n) is 10.7. The van der Waals surface area contributed by atoms with E-state index in [9.17, 15) is 5.11 Å². The van der Waals surface area contributed by atoms with Gasteiger partial charge in [-0.15, -0.1) is 0 Å². The Labute approximate surface area is 111 Å². The van der Waals surface area contributed by atoms with E-state index < -0.39 is 6.10 Å². The summed E-state index contributed by atoms with van der Waals surface area (Å²) in [6.45, 7) is 3.61. The molecule has 5 nitrogen and oxygen atoms in total.